The fourth-order valence-corrected chi connectivity index (χ4v) is 1.89. The maximum atomic E-state index is 4.17. The predicted octanol–water partition coefficient (Wildman–Crippen LogP) is 2.60. The van der Waals surface area contributed by atoms with E-state index in [9.17, 15) is 0 Å². The van der Waals surface area contributed by atoms with Gasteiger partial charge in [-0.05, 0) is 37.8 Å². The smallest absolute Gasteiger partial charge is 0.0393 e. The highest BCUT2D eigenvalue weighted by molar-refractivity contribution is 5.44. The van der Waals surface area contributed by atoms with Gasteiger partial charge in [-0.2, -0.15) is 0 Å². The fraction of sp³-hybridized carbons (Fsp3) is 0.545. The molecule has 1 aliphatic rings. The van der Waals surface area contributed by atoms with Gasteiger partial charge in [-0.15, -0.1) is 0 Å². The second-order valence-electron chi connectivity index (χ2n) is 4.10. The van der Waals surface area contributed by atoms with Gasteiger partial charge in [-0.1, -0.05) is 6.92 Å². The molecule has 0 spiro atoms. The monoisotopic (exact) mass is 176 g/mol. The average molecular weight is 176 g/mol. The van der Waals surface area contributed by atoms with E-state index in [1.807, 2.05) is 19.2 Å². The Morgan fingerprint density at radius 3 is 2.85 bits per heavy atom. The molecule has 0 radical (unpaired) electrons. The van der Waals surface area contributed by atoms with Gasteiger partial charge in [0.2, 0.25) is 0 Å². The van der Waals surface area contributed by atoms with E-state index in [4.69, 9.17) is 0 Å². The Morgan fingerprint density at radius 2 is 2.23 bits per heavy atom. The van der Waals surface area contributed by atoms with Crippen molar-refractivity contribution in [3.05, 3.63) is 24.0 Å². The minimum atomic E-state index is 0.691. The molecule has 0 aromatic carbocycles. The van der Waals surface area contributed by atoms with Crippen molar-refractivity contribution in [2.45, 2.75) is 32.7 Å². The Hall–Kier alpha value is -1.05. The van der Waals surface area contributed by atoms with E-state index < -0.39 is 0 Å². The molecule has 0 unspecified atom stereocenters. The third-order valence-electron chi connectivity index (χ3n) is 2.64. The predicted molar refractivity (Wildman–Crippen MR) is 54.8 cm³/mol. The number of hydrogen-bond acceptors (Lipinski definition) is 2. The second-order valence-corrected chi connectivity index (χ2v) is 4.10. The molecule has 2 rings (SSSR count). The van der Waals surface area contributed by atoms with Crippen molar-refractivity contribution in [3.63, 3.8) is 0 Å². The SMILES string of the molecule is Cc1cc(NC2CC(C)C2)ccn1. The van der Waals surface area contributed by atoms with Crippen LogP contribution in [0.4, 0.5) is 5.69 Å². The Labute approximate surface area is 79.4 Å². The van der Waals surface area contributed by atoms with Gasteiger partial charge in [0.1, 0.15) is 0 Å². The molecule has 0 saturated heterocycles. The first kappa shape index (κ1) is 8.54. The summed E-state index contributed by atoms with van der Waals surface area (Å²) in [6.07, 6.45) is 4.47. The van der Waals surface area contributed by atoms with Crippen LogP contribution in [0.25, 0.3) is 0 Å². The number of nitrogens with one attached hydrogen (secondary N) is 1. The van der Waals surface area contributed by atoms with Crippen molar-refractivity contribution in [1.82, 2.24) is 4.98 Å². The number of hydrogen-bond donors (Lipinski definition) is 1. The molecule has 2 heteroatoms. The average Bonchev–Trinajstić information content (AvgIpc) is 2.01. The number of aromatic nitrogens is 1. The first-order chi connectivity index (χ1) is 6.24. The minimum Gasteiger partial charge on any atom is -0.382 e. The lowest BCUT2D eigenvalue weighted by Gasteiger charge is -2.34. The van der Waals surface area contributed by atoms with Gasteiger partial charge in [-0.25, -0.2) is 0 Å². The summed E-state index contributed by atoms with van der Waals surface area (Å²) >= 11 is 0. The normalized spacial score (nSPS) is 26.6. The van der Waals surface area contributed by atoms with Crippen molar-refractivity contribution >= 4 is 5.69 Å². The number of anilines is 1. The summed E-state index contributed by atoms with van der Waals surface area (Å²) < 4.78 is 0. The van der Waals surface area contributed by atoms with Gasteiger partial charge in [0.15, 0.2) is 0 Å². The zero-order chi connectivity index (χ0) is 9.26. The molecule has 1 fully saturated rings. The van der Waals surface area contributed by atoms with E-state index in [2.05, 4.69) is 23.3 Å². The summed E-state index contributed by atoms with van der Waals surface area (Å²) in [5.41, 5.74) is 2.29. The van der Waals surface area contributed by atoms with Gasteiger partial charge >= 0.3 is 0 Å². The van der Waals surface area contributed by atoms with Crippen molar-refractivity contribution < 1.29 is 0 Å². The third-order valence-corrected chi connectivity index (χ3v) is 2.64. The van der Waals surface area contributed by atoms with Crippen LogP contribution in [0, 0.1) is 12.8 Å². The van der Waals surface area contributed by atoms with Gasteiger partial charge in [0.05, 0.1) is 0 Å². The summed E-state index contributed by atoms with van der Waals surface area (Å²) in [6, 6.07) is 4.83. The molecule has 1 heterocycles. The molecule has 0 aliphatic heterocycles. The highest BCUT2D eigenvalue weighted by Crippen LogP contribution is 2.29. The van der Waals surface area contributed by atoms with E-state index in [-0.39, 0.29) is 0 Å². The molecular weight excluding hydrogens is 160 g/mol. The lowest BCUT2D eigenvalue weighted by molar-refractivity contribution is 0.309. The summed E-state index contributed by atoms with van der Waals surface area (Å²) in [5, 5.41) is 3.51. The zero-order valence-corrected chi connectivity index (χ0v) is 8.25. The quantitative estimate of drug-likeness (QED) is 0.749. The highest BCUT2D eigenvalue weighted by atomic mass is 14.9. The van der Waals surface area contributed by atoms with E-state index in [0.717, 1.165) is 11.6 Å². The van der Waals surface area contributed by atoms with E-state index in [1.165, 1.54) is 18.5 Å². The lowest BCUT2D eigenvalue weighted by Crippen LogP contribution is -2.33. The van der Waals surface area contributed by atoms with E-state index in [0.29, 0.717) is 6.04 Å². The van der Waals surface area contributed by atoms with Crippen molar-refractivity contribution in [3.8, 4) is 0 Å². The molecular formula is C11H16N2. The summed E-state index contributed by atoms with van der Waals surface area (Å²) in [5.74, 6) is 0.903. The first-order valence-corrected chi connectivity index (χ1v) is 4.93. The van der Waals surface area contributed by atoms with Gasteiger partial charge in [-0.3, -0.25) is 4.98 Å². The number of pyridine rings is 1. The van der Waals surface area contributed by atoms with Crippen molar-refractivity contribution in [2.75, 3.05) is 5.32 Å². The highest BCUT2D eigenvalue weighted by Gasteiger charge is 2.24. The molecule has 1 aliphatic carbocycles. The molecule has 0 atom stereocenters. The Morgan fingerprint density at radius 1 is 1.46 bits per heavy atom. The fourth-order valence-electron chi connectivity index (χ4n) is 1.89. The van der Waals surface area contributed by atoms with Crippen LogP contribution >= 0.6 is 0 Å². The molecule has 0 amide bonds. The van der Waals surface area contributed by atoms with Crippen LogP contribution in [0.15, 0.2) is 18.3 Å². The second kappa shape index (κ2) is 3.36. The number of aryl methyl sites for hydroxylation is 1. The first-order valence-electron chi connectivity index (χ1n) is 4.93. The molecule has 0 bridgehead atoms. The Balaban J connectivity index is 1.94. The van der Waals surface area contributed by atoms with Gasteiger partial charge in [0, 0.05) is 23.6 Å². The standard InChI is InChI=1S/C11H16N2/c1-8-5-11(6-8)13-10-3-4-12-9(2)7-10/h3-4,7-8,11H,5-6H2,1-2H3,(H,12,13). The topological polar surface area (TPSA) is 24.9 Å². The van der Waals surface area contributed by atoms with Crippen LogP contribution in [-0.4, -0.2) is 11.0 Å². The third kappa shape index (κ3) is 2.00. The molecule has 2 nitrogen and oxygen atoms in total. The van der Waals surface area contributed by atoms with E-state index >= 15 is 0 Å². The van der Waals surface area contributed by atoms with Crippen LogP contribution in [0.1, 0.15) is 25.5 Å². The Bertz CT molecular complexity index is 290. The van der Waals surface area contributed by atoms with Crippen molar-refractivity contribution in [2.24, 2.45) is 5.92 Å². The summed E-state index contributed by atoms with van der Waals surface area (Å²) in [6.45, 7) is 4.32. The number of rotatable bonds is 2. The molecule has 13 heavy (non-hydrogen) atoms. The molecule has 1 aromatic heterocycles. The summed E-state index contributed by atoms with van der Waals surface area (Å²) in [4.78, 5) is 4.17. The minimum absolute atomic E-state index is 0.691. The zero-order valence-electron chi connectivity index (χ0n) is 8.25. The van der Waals surface area contributed by atoms with E-state index in [1.54, 1.807) is 0 Å². The van der Waals surface area contributed by atoms with Crippen LogP contribution in [0.5, 0.6) is 0 Å². The summed E-state index contributed by atoms with van der Waals surface area (Å²) in [7, 11) is 0. The molecule has 70 valence electrons. The largest absolute Gasteiger partial charge is 0.382 e. The van der Waals surface area contributed by atoms with Crippen LogP contribution in [-0.2, 0) is 0 Å². The van der Waals surface area contributed by atoms with Gasteiger partial charge in [0.25, 0.3) is 0 Å². The van der Waals surface area contributed by atoms with Crippen molar-refractivity contribution in [1.29, 1.82) is 0 Å². The maximum Gasteiger partial charge on any atom is 0.0393 e. The molecule has 1 aromatic rings. The number of nitrogens with zero attached hydrogens (tertiary/aromatic N) is 1. The van der Waals surface area contributed by atoms with Crippen LogP contribution in [0.3, 0.4) is 0 Å². The molecule has 1 N–H and O–H groups in total. The lowest BCUT2D eigenvalue weighted by atomic mass is 9.82. The van der Waals surface area contributed by atoms with Gasteiger partial charge < -0.3 is 5.32 Å². The van der Waals surface area contributed by atoms with Crippen LogP contribution in [0.2, 0.25) is 0 Å². The maximum absolute atomic E-state index is 4.17. The molecule has 1 saturated carbocycles. The van der Waals surface area contributed by atoms with Crippen LogP contribution < -0.4 is 5.32 Å². The Kier molecular flexibility index (Phi) is 2.21.